The van der Waals surface area contributed by atoms with Crippen LogP contribution in [0.25, 0.3) is 0 Å². The van der Waals surface area contributed by atoms with Gasteiger partial charge in [-0.15, -0.1) is 0 Å². The molecule has 0 aromatic heterocycles. The van der Waals surface area contributed by atoms with Gasteiger partial charge in [0.05, 0.1) is 6.61 Å². The summed E-state index contributed by atoms with van der Waals surface area (Å²) in [5, 5.41) is 5.37. The summed E-state index contributed by atoms with van der Waals surface area (Å²) in [5.41, 5.74) is 0.256. The summed E-state index contributed by atoms with van der Waals surface area (Å²) in [6.45, 7) is 11.5. The van der Waals surface area contributed by atoms with Crippen molar-refractivity contribution in [1.29, 1.82) is 0 Å². The molecule has 0 unspecified atom stereocenters. The van der Waals surface area contributed by atoms with Crippen LogP contribution in [0.2, 0.25) is 0 Å². The maximum absolute atomic E-state index is 12.9. The standard InChI is InChI=1S/C22H34N2O5/c1-7-28-20(26)17(13-15(2)3)23-19(25)18(22(4,5)6)24-21(27)29-14-16-11-9-8-10-12-16/h8-12,15,17-18H,7,13-14H2,1-6H3,(H,23,25)(H,24,27)/t17-,18+/m0/s1. The lowest BCUT2D eigenvalue weighted by Crippen LogP contribution is -2.57. The summed E-state index contributed by atoms with van der Waals surface area (Å²) in [4.78, 5) is 37.4. The minimum absolute atomic E-state index is 0.101. The summed E-state index contributed by atoms with van der Waals surface area (Å²) in [6.07, 6.45) is -0.250. The van der Waals surface area contributed by atoms with Crippen molar-refractivity contribution >= 4 is 18.0 Å². The molecular formula is C22H34N2O5. The smallest absolute Gasteiger partial charge is 0.408 e. The average molecular weight is 407 g/mol. The molecule has 0 saturated carbocycles. The molecule has 0 aliphatic carbocycles. The monoisotopic (exact) mass is 406 g/mol. The van der Waals surface area contributed by atoms with Gasteiger partial charge in [-0.05, 0) is 30.2 Å². The Kier molecular flexibility index (Phi) is 9.65. The minimum atomic E-state index is -0.880. The molecule has 0 bridgehead atoms. The Morgan fingerprint density at radius 2 is 1.62 bits per heavy atom. The van der Waals surface area contributed by atoms with E-state index in [1.54, 1.807) is 6.92 Å². The third-order valence-corrected chi connectivity index (χ3v) is 4.20. The number of carbonyl (C=O) groups is 3. The topological polar surface area (TPSA) is 93.7 Å². The number of nitrogens with one attached hydrogen (secondary N) is 2. The quantitative estimate of drug-likeness (QED) is 0.613. The number of hydrogen-bond acceptors (Lipinski definition) is 5. The molecule has 0 fully saturated rings. The number of rotatable bonds is 9. The first-order valence-electron chi connectivity index (χ1n) is 9.98. The number of esters is 1. The van der Waals surface area contributed by atoms with Gasteiger partial charge in [0.15, 0.2) is 0 Å². The largest absolute Gasteiger partial charge is 0.464 e. The van der Waals surface area contributed by atoms with Gasteiger partial charge in [0.2, 0.25) is 5.91 Å². The maximum atomic E-state index is 12.9. The molecule has 2 amide bonds. The summed E-state index contributed by atoms with van der Waals surface area (Å²) < 4.78 is 10.3. The van der Waals surface area contributed by atoms with Crippen LogP contribution < -0.4 is 10.6 Å². The van der Waals surface area contributed by atoms with E-state index in [9.17, 15) is 14.4 Å². The van der Waals surface area contributed by atoms with Crippen molar-refractivity contribution in [3.8, 4) is 0 Å². The van der Waals surface area contributed by atoms with E-state index in [1.807, 2.05) is 65.0 Å². The molecule has 29 heavy (non-hydrogen) atoms. The lowest BCUT2D eigenvalue weighted by molar-refractivity contribution is -0.148. The normalized spacial score (nSPS) is 13.3. The molecule has 0 radical (unpaired) electrons. The molecule has 7 heteroatoms. The molecule has 0 saturated heterocycles. The molecule has 0 spiro atoms. The zero-order chi connectivity index (χ0) is 22.0. The number of benzene rings is 1. The van der Waals surface area contributed by atoms with E-state index in [0.717, 1.165) is 5.56 Å². The Balaban J connectivity index is 2.80. The van der Waals surface area contributed by atoms with Crippen molar-refractivity contribution in [2.24, 2.45) is 11.3 Å². The first-order chi connectivity index (χ1) is 13.5. The van der Waals surface area contributed by atoms with E-state index < -0.39 is 35.5 Å². The number of ether oxygens (including phenoxy) is 2. The van der Waals surface area contributed by atoms with Gasteiger partial charge in [0, 0.05) is 0 Å². The molecule has 1 aromatic rings. The molecule has 162 valence electrons. The Bertz CT molecular complexity index is 668. The second-order valence-corrected chi connectivity index (χ2v) is 8.45. The third-order valence-electron chi connectivity index (χ3n) is 4.20. The first kappa shape index (κ1) is 24.5. The van der Waals surface area contributed by atoms with Crippen LogP contribution in [0.4, 0.5) is 4.79 Å². The van der Waals surface area contributed by atoms with Gasteiger partial charge < -0.3 is 20.1 Å². The van der Waals surface area contributed by atoms with Crippen LogP contribution in [0.5, 0.6) is 0 Å². The molecule has 2 N–H and O–H groups in total. The van der Waals surface area contributed by atoms with Gasteiger partial charge >= 0.3 is 12.1 Å². The predicted octanol–water partition coefficient (Wildman–Crippen LogP) is 3.42. The van der Waals surface area contributed by atoms with E-state index in [1.165, 1.54) is 0 Å². The van der Waals surface area contributed by atoms with Crippen molar-refractivity contribution in [3.05, 3.63) is 35.9 Å². The Morgan fingerprint density at radius 3 is 2.14 bits per heavy atom. The van der Waals surface area contributed by atoms with E-state index in [-0.39, 0.29) is 19.1 Å². The fourth-order valence-corrected chi connectivity index (χ4v) is 2.74. The molecule has 0 aliphatic rings. The average Bonchev–Trinajstić information content (AvgIpc) is 2.63. The highest BCUT2D eigenvalue weighted by molar-refractivity contribution is 5.90. The number of carbonyl (C=O) groups excluding carboxylic acids is 3. The number of alkyl carbamates (subject to hydrolysis) is 1. The molecular weight excluding hydrogens is 372 g/mol. The SMILES string of the molecule is CCOC(=O)[C@H](CC(C)C)NC(=O)[C@@H](NC(=O)OCc1ccccc1)C(C)(C)C. The highest BCUT2D eigenvalue weighted by Crippen LogP contribution is 2.20. The van der Waals surface area contributed by atoms with Crippen LogP contribution in [0.1, 0.15) is 53.5 Å². The van der Waals surface area contributed by atoms with Gasteiger partial charge in [-0.1, -0.05) is 65.0 Å². The second-order valence-electron chi connectivity index (χ2n) is 8.45. The van der Waals surface area contributed by atoms with Crippen molar-refractivity contribution < 1.29 is 23.9 Å². The van der Waals surface area contributed by atoms with Gasteiger partial charge in [-0.25, -0.2) is 9.59 Å². The van der Waals surface area contributed by atoms with Crippen molar-refractivity contribution in [1.82, 2.24) is 10.6 Å². The molecule has 1 rings (SSSR count). The van der Waals surface area contributed by atoms with E-state index in [0.29, 0.717) is 6.42 Å². The summed E-state index contributed by atoms with van der Waals surface area (Å²) in [7, 11) is 0. The van der Waals surface area contributed by atoms with Gasteiger partial charge in [0.25, 0.3) is 0 Å². The molecule has 0 heterocycles. The Labute approximate surface area is 173 Å². The predicted molar refractivity (Wildman–Crippen MR) is 111 cm³/mol. The number of hydrogen-bond donors (Lipinski definition) is 2. The van der Waals surface area contributed by atoms with Crippen LogP contribution in [-0.2, 0) is 25.7 Å². The molecule has 2 atom stereocenters. The van der Waals surface area contributed by atoms with Gasteiger partial charge in [-0.3, -0.25) is 4.79 Å². The van der Waals surface area contributed by atoms with Crippen LogP contribution in [-0.4, -0.2) is 36.7 Å². The second kappa shape index (κ2) is 11.4. The fraction of sp³-hybridized carbons (Fsp3) is 0.591. The van der Waals surface area contributed by atoms with Crippen molar-refractivity contribution in [3.63, 3.8) is 0 Å². The lowest BCUT2D eigenvalue weighted by atomic mass is 9.86. The van der Waals surface area contributed by atoms with Crippen molar-refractivity contribution in [2.45, 2.75) is 66.7 Å². The van der Waals surface area contributed by atoms with E-state index >= 15 is 0 Å². The Hall–Kier alpha value is -2.57. The number of amides is 2. The van der Waals surface area contributed by atoms with Crippen LogP contribution in [0.3, 0.4) is 0 Å². The van der Waals surface area contributed by atoms with Crippen LogP contribution in [0.15, 0.2) is 30.3 Å². The maximum Gasteiger partial charge on any atom is 0.408 e. The minimum Gasteiger partial charge on any atom is -0.464 e. The van der Waals surface area contributed by atoms with E-state index in [4.69, 9.17) is 9.47 Å². The molecule has 7 nitrogen and oxygen atoms in total. The summed E-state index contributed by atoms with van der Waals surface area (Å²) in [6, 6.07) is 7.62. The summed E-state index contributed by atoms with van der Waals surface area (Å²) in [5.74, 6) is -0.747. The first-order valence-corrected chi connectivity index (χ1v) is 9.98. The zero-order valence-corrected chi connectivity index (χ0v) is 18.3. The van der Waals surface area contributed by atoms with Crippen molar-refractivity contribution in [2.75, 3.05) is 6.61 Å². The van der Waals surface area contributed by atoms with Gasteiger partial charge in [-0.2, -0.15) is 0 Å². The fourth-order valence-electron chi connectivity index (χ4n) is 2.74. The van der Waals surface area contributed by atoms with E-state index in [2.05, 4.69) is 10.6 Å². The highest BCUT2D eigenvalue weighted by atomic mass is 16.5. The highest BCUT2D eigenvalue weighted by Gasteiger charge is 2.35. The van der Waals surface area contributed by atoms with Crippen LogP contribution >= 0.6 is 0 Å². The van der Waals surface area contributed by atoms with Crippen LogP contribution in [0, 0.1) is 11.3 Å². The van der Waals surface area contributed by atoms with Gasteiger partial charge in [0.1, 0.15) is 18.7 Å². The lowest BCUT2D eigenvalue weighted by Gasteiger charge is -2.31. The zero-order valence-electron chi connectivity index (χ0n) is 18.3. The Morgan fingerprint density at radius 1 is 1.00 bits per heavy atom. The molecule has 0 aliphatic heterocycles. The summed E-state index contributed by atoms with van der Waals surface area (Å²) >= 11 is 0. The third kappa shape index (κ3) is 8.98. The molecule has 1 aromatic carbocycles.